The number of ether oxygens (including phenoxy) is 1. The van der Waals surface area contributed by atoms with E-state index < -0.39 is 0 Å². The van der Waals surface area contributed by atoms with Crippen LogP contribution < -0.4 is 15.4 Å². The van der Waals surface area contributed by atoms with Gasteiger partial charge in [-0.3, -0.25) is 4.79 Å². The summed E-state index contributed by atoms with van der Waals surface area (Å²) in [5.74, 6) is 1.18. The second kappa shape index (κ2) is 10.5. The molecular weight excluding hydrogens is 385 g/mol. The zero-order valence-corrected chi connectivity index (χ0v) is 15.8. The summed E-state index contributed by atoms with van der Waals surface area (Å²) in [5, 5.41) is 6.79. The minimum Gasteiger partial charge on any atom is -0.439 e. The number of aromatic nitrogens is 1. The molecule has 0 aliphatic carbocycles. The molecule has 0 bridgehead atoms. The van der Waals surface area contributed by atoms with Crippen molar-refractivity contribution in [1.82, 2.24) is 10.3 Å². The summed E-state index contributed by atoms with van der Waals surface area (Å²) in [6.07, 6.45) is 3.55. The van der Waals surface area contributed by atoms with E-state index in [1.807, 2.05) is 0 Å². The number of anilines is 1. The minimum atomic E-state index is 0. The SMILES string of the molecule is Cl.Cl.O=C(Nc1ccc(Oc2ccc(Cl)cc2)nc1)C1CCCNC1. The first-order valence-electron chi connectivity index (χ1n) is 7.62. The van der Waals surface area contributed by atoms with Crippen LogP contribution >= 0.6 is 36.4 Å². The number of hydrogen-bond acceptors (Lipinski definition) is 4. The standard InChI is InChI=1S/C17H18ClN3O2.2ClH/c18-13-3-6-15(7-4-13)23-16-8-5-14(11-20-16)21-17(22)12-2-1-9-19-10-12;;/h3-8,11-12,19H,1-2,9-10H2,(H,21,22);2*1H. The predicted octanol–water partition coefficient (Wildman–Crippen LogP) is 4.31. The Bertz CT molecular complexity index is 660. The molecule has 1 amide bonds. The molecule has 0 radical (unpaired) electrons. The van der Waals surface area contributed by atoms with Crippen molar-refractivity contribution in [2.45, 2.75) is 12.8 Å². The summed E-state index contributed by atoms with van der Waals surface area (Å²) >= 11 is 5.83. The van der Waals surface area contributed by atoms with Gasteiger partial charge in [0.1, 0.15) is 5.75 Å². The maximum absolute atomic E-state index is 12.2. The molecule has 25 heavy (non-hydrogen) atoms. The number of halogens is 3. The molecule has 3 rings (SSSR count). The highest BCUT2D eigenvalue weighted by molar-refractivity contribution is 6.30. The molecule has 136 valence electrons. The Morgan fingerprint density at radius 1 is 1.20 bits per heavy atom. The Hall–Kier alpha value is -1.53. The van der Waals surface area contributed by atoms with Crippen molar-refractivity contribution < 1.29 is 9.53 Å². The third-order valence-electron chi connectivity index (χ3n) is 3.71. The van der Waals surface area contributed by atoms with Gasteiger partial charge in [-0.15, -0.1) is 24.8 Å². The molecule has 1 atom stereocenters. The molecule has 1 fully saturated rings. The van der Waals surface area contributed by atoms with Crippen molar-refractivity contribution >= 4 is 48.0 Å². The molecule has 1 saturated heterocycles. The summed E-state index contributed by atoms with van der Waals surface area (Å²) < 4.78 is 5.62. The fourth-order valence-corrected chi connectivity index (χ4v) is 2.58. The number of amides is 1. The van der Waals surface area contributed by atoms with E-state index in [0.717, 1.165) is 25.9 Å². The van der Waals surface area contributed by atoms with Crippen LogP contribution in [-0.4, -0.2) is 24.0 Å². The van der Waals surface area contributed by atoms with Crippen LogP contribution in [0.25, 0.3) is 0 Å². The van der Waals surface area contributed by atoms with Gasteiger partial charge in [-0.05, 0) is 49.7 Å². The van der Waals surface area contributed by atoms with E-state index in [9.17, 15) is 4.79 Å². The van der Waals surface area contributed by atoms with Gasteiger partial charge in [-0.25, -0.2) is 4.98 Å². The molecule has 2 aromatic rings. The van der Waals surface area contributed by atoms with Crippen molar-refractivity contribution in [2.75, 3.05) is 18.4 Å². The number of rotatable bonds is 4. The third-order valence-corrected chi connectivity index (χ3v) is 3.96. The van der Waals surface area contributed by atoms with Crippen LogP contribution in [-0.2, 0) is 4.79 Å². The first-order chi connectivity index (χ1) is 11.2. The molecule has 0 saturated carbocycles. The van der Waals surface area contributed by atoms with Gasteiger partial charge >= 0.3 is 0 Å². The highest BCUT2D eigenvalue weighted by Gasteiger charge is 2.20. The number of carbonyl (C=O) groups is 1. The Morgan fingerprint density at radius 3 is 2.56 bits per heavy atom. The molecule has 2 N–H and O–H groups in total. The zero-order valence-electron chi connectivity index (χ0n) is 13.4. The summed E-state index contributed by atoms with van der Waals surface area (Å²) in [6.45, 7) is 1.72. The average Bonchev–Trinajstić information content (AvgIpc) is 2.59. The summed E-state index contributed by atoms with van der Waals surface area (Å²) in [4.78, 5) is 16.4. The highest BCUT2D eigenvalue weighted by atomic mass is 35.5. The van der Waals surface area contributed by atoms with Crippen LogP contribution in [0.4, 0.5) is 5.69 Å². The van der Waals surface area contributed by atoms with Crippen LogP contribution in [0.1, 0.15) is 12.8 Å². The number of nitrogens with one attached hydrogen (secondary N) is 2. The summed E-state index contributed by atoms with van der Waals surface area (Å²) in [5.41, 5.74) is 0.670. The molecule has 8 heteroatoms. The van der Waals surface area contributed by atoms with E-state index in [1.54, 1.807) is 42.6 Å². The molecule has 5 nitrogen and oxygen atoms in total. The lowest BCUT2D eigenvalue weighted by molar-refractivity contribution is -0.120. The maximum Gasteiger partial charge on any atom is 0.228 e. The third kappa shape index (κ3) is 6.36. The number of carbonyl (C=O) groups excluding carboxylic acids is 1. The first-order valence-corrected chi connectivity index (χ1v) is 7.99. The van der Waals surface area contributed by atoms with Gasteiger partial charge in [0.2, 0.25) is 11.8 Å². The molecule has 1 aromatic heterocycles. The van der Waals surface area contributed by atoms with Gasteiger partial charge < -0.3 is 15.4 Å². The number of pyridine rings is 1. The molecule has 0 spiro atoms. The monoisotopic (exact) mass is 403 g/mol. The number of benzene rings is 1. The largest absolute Gasteiger partial charge is 0.439 e. The van der Waals surface area contributed by atoms with Crippen LogP contribution in [0.5, 0.6) is 11.6 Å². The van der Waals surface area contributed by atoms with Gasteiger partial charge in [0.05, 0.1) is 17.8 Å². The van der Waals surface area contributed by atoms with E-state index in [-0.39, 0.29) is 36.6 Å². The lowest BCUT2D eigenvalue weighted by Gasteiger charge is -2.21. The molecule has 1 aliphatic rings. The van der Waals surface area contributed by atoms with Crippen molar-refractivity contribution in [3.63, 3.8) is 0 Å². The number of hydrogen-bond donors (Lipinski definition) is 2. The van der Waals surface area contributed by atoms with Crippen molar-refractivity contribution in [3.05, 3.63) is 47.6 Å². The van der Waals surface area contributed by atoms with Crippen LogP contribution in [0, 0.1) is 5.92 Å². The topological polar surface area (TPSA) is 63.2 Å². The lowest BCUT2D eigenvalue weighted by Crippen LogP contribution is -2.37. The van der Waals surface area contributed by atoms with Gasteiger partial charge in [0, 0.05) is 17.6 Å². The van der Waals surface area contributed by atoms with Gasteiger partial charge in [-0.1, -0.05) is 11.6 Å². The Kier molecular flexibility index (Phi) is 9.00. The fraction of sp³-hybridized carbons (Fsp3) is 0.294. The van der Waals surface area contributed by atoms with E-state index >= 15 is 0 Å². The Balaban J connectivity index is 0.00000156. The minimum absolute atomic E-state index is 0. The lowest BCUT2D eigenvalue weighted by atomic mass is 9.99. The normalized spacial score (nSPS) is 16.1. The van der Waals surface area contributed by atoms with Gasteiger partial charge in [-0.2, -0.15) is 0 Å². The molecular formula is C17H20Cl3N3O2. The first kappa shape index (κ1) is 21.5. The maximum atomic E-state index is 12.2. The van der Waals surface area contributed by atoms with Gasteiger partial charge in [0.15, 0.2) is 0 Å². The number of piperidine rings is 1. The van der Waals surface area contributed by atoms with E-state index in [4.69, 9.17) is 16.3 Å². The molecule has 1 aliphatic heterocycles. The van der Waals surface area contributed by atoms with Gasteiger partial charge in [0.25, 0.3) is 0 Å². The van der Waals surface area contributed by atoms with Crippen molar-refractivity contribution in [3.8, 4) is 11.6 Å². The second-order valence-electron chi connectivity index (χ2n) is 5.47. The molecule has 2 heterocycles. The van der Waals surface area contributed by atoms with E-state index in [2.05, 4.69) is 15.6 Å². The van der Waals surface area contributed by atoms with Crippen LogP contribution in [0.15, 0.2) is 42.6 Å². The fourth-order valence-electron chi connectivity index (χ4n) is 2.46. The molecule has 1 aromatic carbocycles. The Morgan fingerprint density at radius 2 is 1.96 bits per heavy atom. The second-order valence-corrected chi connectivity index (χ2v) is 5.91. The van der Waals surface area contributed by atoms with E-state index in [0.29, 0.717) is 22.3 Å². The summed E-state index contributed by atoms with van der Waals surface area (Å²) in [7, 11) is 0. The van der Waals surface area contributed by atoms with Crippen molar-refractivity contribution in [2.24, 2.45) is 5.92 Å². The smallest absolute Gasteiger partial charge is 0.228 e. The zero-order chi connectivity index (χ0) is 16.1. The van der Waals surface area contributed by atoms with Crippen molar-refractivity contribution in [1.29, 1.82) is 0 Å². The Labute approximate surface area is 164 Å². The average molecular weight is 405 g/mol. The highest BCUT2D eigenvalue weighted by Crippen LogP contribution is 2.22. The summed E-state index contributed by atoms with van der Waals surface area (Å²) in [6, 6.07) is 10.6. The quantitative estimate of drug-likeness (QED) is 0.797. The van der Waals surface area contributed by atoms with E-state index in [1.165, 1.54) is 0 Å². The predicted molar refractivity (Wildman–Crippen MR) is 104 cm³/mol. The number of nitrogens with zero attached hydrogens (tertiary/aromatic N) is 1. The molecule has 1 unspecified atom stereocenters. The van der Waals surface area contributed by atoms with Crippen LogP contribution in [0.3, 0.4) is 0 Å². The van der Waals surface area contributed by atoms with Crippen LogP contribution in [0.2, 0.25) is 5.02 Å².